The van der Waals surface area contributed by atoms with Crippen LogP contribution in [0.3, 0.4) is 0 Å². The fourth-order valence-electron chi connectivity index (χ4n) is 1.89. The van der Waals surface area contributed by atoms with Gasteiger partial charge in [-0.3, -0.25) is 5.43 Å². The molecule has 22 heavy (non-hydrogen) atoms. The molecule has 114 valence electrons. The van der Waals surface area contributed by atoms with E-state index in [1.807, 2.05) is 19.1 Å². The zero-order valence-electron chi connectivity index (χ0n) is 12.3. The van der Waals surface area contributed by atoms with E-state index >= 15 is 0 Å². The molecule has 3 N–H and O–H groups in total. The minimum atomic E-state index is -0.944. The van der Waals surface area contributed by atoms with Crippen LogP contribution < -0.4 is 5.43 Å². The molecule has 0 unspecified atom stereocenters. The molecule has 0 amide bonds. The minimum Gasteiger partial charge on any atom is -0.508 e. The average Bonchev–Trinajstić information content (AvgIpc) is 2.52. The van der Waals surface area contributed by atoms with Crippen LogP contribution in [0.5, 0.6) is 5.75 Å². The average molecular weight is 298 g/mol. The lowest BCUT2D eigenvalue weighted by Gasteiger charge is -2.04. The summed E-state index contributed by atoms with van der Waals surface area (Å²) in [7, 11) is 0. The summed E-state index contributed by atoms with van der Waals surface area (Å²) in [4.78, 5) is 10.8. The monoisotopic (exact) mass is 298 g/mol. The number of nitrogens with one attached hydrogen (secondary N) is 1. The summed E-state index contributed by atoms with van der Waals surface area (Å²) < 4.78 is 0. The third kappa shape index (κ3) is 4.63. The summed E-state index contributed by atoms with van der Waals surface area (Å²) in [6.07, 6.45) is 1.64. The Labute approximate surface area is 128 Å². The molecule has 0 heterocycles. The van der Waals surface area contributed by atoms with Gasteiger partial charge in [-0.05, 0) is 61.7 Å². The lowest BCUT2D eigenvalue weighted by atomic mass is 10.1. The fraction of sp³-hybridized carbons (Fsp3) is 0.176. The maximum atomic E-state index is 10.8. The van der Waals surface area contributed by atoms with Crippen molar-refractivity contribution in [2.45, 2.75) is 19.8 Å². The number of hydrazone groups is 1. The van der Waals surface area contributed by atoms with Gasteiger partial charge in [-0.2, -0.15) is 5.10 Å². The number of rotatable bonds is 6. The summed E-state index contributed by atoms with van der Waals surface area (Å²) in [6, 6.07) is 13.5. The number of phenols is 1. The molecule has 0 saturated carbocycles. The van der Waals surface area contributed by atoms with Crippen molar-refractivity contribution in [2.75, 3.05) is 5.43 Å². The first-order valence-electron chi connectivity index (χ1n) is 6.95. The van der Waals surface area contributed by atoms with Crippen LogP contribution in [0.1, 0.15) is 29.3 Å². The van der Waals surface area contributed by atoms with Gasteiger partial charge in [0, 0.05) is 5.71 Å². The highest BCUT2D eigenvalue weighted by atomic mass is 16.4. The number of aromatic carboxylic acids is 1. The van der Waals surface area contributed by atoms with Gasteiger partial charge in [0.1, 0.15) is 5.75 Å². The Morgan fingerprint density at radius 2 is 1.73 bits per heavy atom. The molecule has 0 saturated heterocycles. The van der Waals surface area contributed by atoms with Crippen molar-refractivity contribution < 1.29 is 15.0 Å². The van der Waals surface area contributed by atoms with Gasteiger partial charge < -0.3 is 10.2 Å². The first-order valence-corrected chi connectivity index (χ1v) is 6.95. The number of carboxylic acids is 1. The molecule has 0 radical (unpaired) electrons. The lowest BCUT2D eigenvalue weighted by Crippen LogP contribution is -2.00. The summed E-state index contributed by atoms with van der Waals surface area (Å²) in [5.41, 5.74) is 5.98. The van der Waals surface area contributed by atoms with Crippen LogP contribution in [-0.4, -0.2) is 21.9 Å². The lowest BCUT2D eigenvalue weighted by molar-refractivity contribution is 0.0697. The van der Waals surface area contributed by atoms with Gasteiger partial charge in [-0.25, -0.2) is 4.79 Å². The molecule has 0 fully saturated rings. The van der Waals surface area contributed by atoms with E-state index in [4.69, 9.17) is 5.11 Å². The Bertz CT molecular complexity index is 661. The summed E-state index contributed by atoms with van der Waals surface area (Å²) in [5, 5.41) is 22.3. The molecule has 0 aliphatic heterocycles. The number of hydrogen-bond acceptors (Lipinski definition) is 4. The van der Waals surface area contributed by atoms with Gasteiger partial charge in [-0.1, -0.05) is 12.1 Å². The molecule has 2 aromatic carbocycles. The van der Waals surface area contributed by atoms with E-state index in [0.29, 0.717) is 0 Å². The SMILES string of the molecule is C/C(CCc1ccc(O)cc1)=N/Nc1ccc(C(=O)O)cc1. The number of benzene rings is 2. The number of aromatic hydroxyl groups is 1. The van der Waals surface area contributed by atoms with E-state index in [0.717, 1.165) is 29.8 Å². The maximum Gasteiger partial charge on any atom is 0.335 e. The Morgan fingerprint density at radius 3 is 2.32 bits per heavy atom. The normalized spacial score (nSPS) is 11.2. The topological polar surface area (TPSA) is 81.9 Å². The smallest absolute Gasteiger partial charge is 0.335 e. The second-order valence-electron chi connectivity index (χ2n) is 5.01. The number of aryl methyl sites for hydroxylation is 1. The largest absolute Gasteiger partial charge is 0.508 e. The predicted octanol–water partition coefficient (Wildman–Crippen LogP) is 3.51. The van der Waals surface area contributed by atoms with Crippen LogP contribution in [0.2, 0.25) is 0 Å². The number of phenolic OH excluding ortho intramolecular Hbond substituents is 1. The van der Waals surface area contributed by atoms with E-state index in [1.54, 1.807) is 24.3 Å². The van der Waals surface area contributed by atoms with Crippen molar-refractivity contribution >= 4 is 17.4 Å². The highest BCUT2D eigenvalue weighted by Gasteiger charge is 2.01. The van der Waals surface area contributed by atoms with E-state index in [1.165, 1.54) is 12.1 Å². The third-order valence-electron chi connectivity index (χ3n) is 3.22. The zero-order valence-corrected chi connectivity index (χ0v) is 12.3. The standard InChI is InChI=1S/C17H18N2O3/c1-12(2-3-13-4-10-16(20)11-5-13)18-19-15-8-6-14(7-9-15)17(21)22/h4-11,19-20H,2-3H2,1H3,(H,21,22)/b18-12-. The Hall–Kier alpha value is -2.82. The van der Waals surface area contributed by atoms with Crippen LogP contribution in [0, 0.1) is 0 Å². The van der Waals surface area contributed by atoms with E-state index in [2.05, 4.69) is 10.5 Å². The Kier molecular flexibility index (Phi) is 5.14. The van der Waals surface area contributed by atoms with Crippen molar-refractivity contribution in [3.05, 3.63) is 59.7 Å². The quantitative estimate of drug-likeness (QED) is 0.563. The third-order valence-corrected chi connectivity index (χ3v) is 3.22. The Morgan fingerprint density at radius 1 is 1.09 bits per heavy atom. The fourth-order valence-corrected chi connectivity index (χ4v) is 1.89. The molecular weight excluding hydrogens is 280 g/mol. The van der Waals surface area contributed by atoms with Crippen LogP contribution in [0.4, 0.5) is 5.69 Å². The number of carbonyl (C=O) groups is 1. The minimum absolute atomic E-state index is 0.249. The van der Waals surface area contributed by atoms with Crippen LogP contribution in [0.25, 0.3) is 0 Å². The van der Waals surface area contributed by atoms with Gasteiger partial charge in [-0.15, -0.1) is 0 Å². The zero-order chi connectivity index (χ0) is 15.9. The van der Waals surface area contributed by atoms with Gasteiger partial charge in [0.05, 0.1) is 11.3 Å². The molecular formula is C17H18N2O3. The van der Waals surface area contributed by atoms with E-state index in [9.17, 15) is 9.90 Å². The molecule has 0 bridgehead atoms. The molecule has 5 heteroatoms. The molecule has 2 rings (SSSR count). The molecule has 5 nitrogen and oxygen atoms in total. The number of hydrogen-bond donors (Lipinski definition) is 3. The highest BCUT2D eigenvalue weighted by molar-refractivity contribution is 5.88. The van der Waals surface area contributed by atoms with Crippen molar-refractivity contribution in [3.8, 4) is 5.75 Å². The van der Waals surface area contributed by atoms with Crippen LogP contribution in [-0.2, 0) is 6.42 Å². The maximum absolute atomic E-state index is 10.8. The molecule has 0 aliphatic rings. The van der Waals surface area contributed by atoms with Gasteiger partial charge in [0.25, 0.3) is 0 Å². The Balaban J connectivity index is 1.86. The number of carboxylic acid groups (broad SMARTS) is 1. The first kappa shape index (κ1) is 15.6. The van der Waals surface area contributed by atoms with Crippen molar-refractivity contribution in [1.29, 1.82) is 0 Å². The summed E-state index contributed by atoms with van der Waals surface area (Å²) >= 11 is 0. The predicted molar refractivity (Wildman–Crippen MR) is 86.6 cm³/mol. The summed E-state index contributed by atoms with van der Waals surface area (Å²) in [5.74, 6) is -0.680. The molecule has 0 aromatic heterocycles. The van der Waals surface area contributed by atoms with Crippen LogP contribution in [0.15, 0.2) is 53.6 Å². The number of nitrogens with zero attached hydrogens (tertiary/aromatic N) is 1. The van der Waals surface area contributed by atoms with Crippen molar-refractivity contribution in [2.24, 2.45) is 5.10 Å². The van der Waals surface area contributed by atoms with E-state index in [-0.39, 0.29) is 11.3 Å². The van der Waals surface area contributed by atoms with Gasteiger partial charge in [0.2, 0.25) is 0 Å². The first-order chi connectivity index (χ1) is 10.5. The van der Waals surface area contributed by atoms with Crippen molar-refractivity contribution in [1.82, 2.24) is 0 Å². The second-order valence-corrected chi connectivity index (χ2v) is 5.01. The molecule has 0 spiro atoms. The highest BCUT2D eigenvalue weighted by Crippen LogP contribution is 2.12. The van der Waals surface area contributed by atoms with Gasteiger partial charge >= 0.3 is 5.97 Å². The van der Waals surface area contributed by atoms with Crippen molar-refractivity contribution in [3.63, 3.8) is 0 Å². The van der Waals surface area contributed by atoms with Crippen LogP contribution >= 0.6 is 0 Å². The second kappa shape index (κ2) is 7.26. The molecule has 0 atom stereocenters. The van der Waals surface area contributed by atoms with Gasteiger partial charge in [0.15, 0.2) is 0 Å². The molecule has 2 aromatic rings. The number of anilines is 1. The molecule has 0 aliphatic carbocycles. The summed E-state index contributed by atoms with van der Waals surface area (Å²) in [6.45, 7) is 1.93. The van der Waals surface area contributed by atoms with E-state index < -0.39 is 5.97 Å².